The lowest BCUT2D eigenvalue weighted by Crippen LogP contribution is -2.38. The van der Waals surface area contributed by atoms with Gasteiger partial charge in [-0.15, -0.1) is 10.2 Å². The van der Waals surface area contributed by atoms with Gasteiger partial charge in [-0.25, -0.2) is 0 Å². The minimum Gasteiger partial charge on any atom is -0.395 e. The van der Waals surface area contributed by atoms with Crippen molar-refractivity contribution in [3.05, 3.63) is 35.9 Å². The molecule has 0 aromatic carbocycles. The molecule has 1 aliphatic heterocycles. The number of hydrogen-bond donors (Lipinski definition) is 1. The standard InChI is InChI=1S/C19H29N7O2/c1-24(11-12-27)14-17-22-23-19(25(17)2)15-5-9-26(10-6-15)18(28)4-3-16-13-20-7-8-21-16/h7-8,13,15,27H,3-6,9-12,14H2,1-2H3. The van der Waals surface area contributed by atoms with Gasteiger partial charge >= 0.3 is 0 Å². The van der Waals surface area contributed by atoms with E-state index in [9.17, 15) is 4.79 Å². The summed E-state index contributed by atoms with van der Waals surface area (Å²) in [6.07, 6.45) is 7.89. The van der Waals surface area contributed by atoms with Crippen molar-refractivity contribution in [2.24, 2.45) is 7.05 Å². The highest BCUT2D eigenvalue weighted by atomic mass is 16.3. The molecular formula is C19H29N7O2. The van der Waals surface area contributed by atoms with Gasteiger partial charge in [-0.1, -0.05) is 0 Å². The van der Waals surface area contributed by atoms with E-state index >= 15 is 0 Å². The second kappa shape index (κ2) is 9.70. The van der Waals surface area contributed by atoms with E-state index in [1.165, 1.54) is 0 Å². The van der Waals surface area contributed by atoms with Crippen LogP contribution in [-0.4, -0.2) is 78.8 Å². The number of likely N-dealkylation sites (tertiary alicyclic amines) is 1. The van der Waals surface area contributed by atoms with E-state index in [1.54, 1.807) is 18.6 Å². The van der Waals surface area contributed by atoms with Crippen molar-refractivity contribution in [1.29, 1.82) is 0 Å². The molecule has 0 spiro atoms. The van der Waals surface area contributed by atoms with Crippen molar-refractivity contribution in [1.82, 2.24) is 34.5 Å². The van der Waals surface area contributed by atoms with Crippen LogP contribution in [0.5, 0.6) is 0 Å². The molecule has 0 radical (unpaired) electrons. The van der Waals surface area contributed by atoms with Crippen LogP contribution in [-0.2, 0) is 24.8 Å². The Labute approximate surface area is 165 Å². The summed E-state index contributed by atoms with van der Waals surface area (Å²) in [5.41, 5.74) is 0.850. The number of hydrogen-bond acceptors (Lipinski definition) is 7. The number of nitrogens with zero attached hydrogens (tertiary/aromatic N) is 7. The van der Waals surface area contributed by atoms with E-state index in [-0.39, 0.29) is 12.5 Å². The number of likely N-dealkylation sites (N-methyl/N-ethyl adjacent to an activating group) is 1. The predicted octanol–water partition coefficient (Wildman–Crippen LogP) is 0.368. The van der Waals surface area contributed by atoms with Crippen LogP contribution in [0.15, 0.2) is 18.6 Å². The number of aliphatic hydroxyl groups is 1. The number of aryl methyl sites for hydroxylation is 1. The first-order valence-corrected chi connectivity index (χ1v) is 9.78. The average Bonchev–Trinajstić information content (AvgIpc) is 3.07. The van der Waals surface area contributed by atoms with Gasteiger partial charge in [-0.3, -0.25) is 19.7 Å². The van der Waals surface area contributed by atoms with Gasteiger partial charge in [0.1, 0.15) is 11.6 Å². The molecular weight excluding hydrogens is 358 g/mol. The molecule has 9 nitrogen and oxygen atoms in total. The Bertz CT molecular complexity index is 757. The third kappa shape index (κ3) is 5.11. The quantitative estimate of drug-likeness (QED) is 0.698. The molecule has 1 amide bonds. The van der Waals surface area contributed by atoms with Gasteiger partial charge in [0.05, 0.1) is 18.8 Å². The van der Waals surface area contributed by atoms with Crippen LogP contribution in [0.2, 0.25) is 0 Å². The summed E-state index contributed by atoms with van der Waals surface area (Å²) >= 11 is 0. The van der Waals surface area contributed by atoms with E-state index in [0.29, 0.717) is 31.8 Å². The molecule has 1 aliphatic rings. The first-order valence-electron chi connectivity index (χ1n) is 9.78. The van der Waals surface area contributed by atoms with Crippen molar-refractivity contribution >= 4 is 5.91 Å². The molecule has 2 aromatic heterocycles. The van der Waals surface area contributed by atoms with Gasteiger partial charge in [0, 0.05) is 57.6 Å². The van der Waals surface area contributed by atoms with Crippen LogP contribution in [0.3, 0.4) is 0 Å². The zero-order valence-electron chi connectivity index (χ0n) is 16.7. The second-order valence-electron chi connectivity index (χ2n) is 7.35. The number of carbonyl (C=O) groups is 1. The summed E-state index contributed by atoms with van der Waals surface area (Å²) in [5, 5.41) is 17.8. The fraction of sp³-hybridized carbons (Fsp3) is 0.632. The second-order valence-corrected chi connectivity index (χ2v) is 7.35. The Morgan fingerprint density at radius 2 is 2.07 bits per heavy atom. The van der Waals surface area contributed by atoms with Crippen molar-refractivity contribution in [3.63, 3.8) is 0 Å². The molecule has 1 saturated heterocycles. The Morgan fingerprint density at radius 3 is 2.75 bits per heavy atom. The lowest BCUT2D eigenvalue weighted by molar-refractivity contribution is -0.132. The lowest BCUT2D eigenvalue weighted by atomic mass is 9.95. The monoisotopic (exact) mass is 387 g/mol. The molecule has 2 aromatic rings. The van der Waals surface area contributed by atoms with Gasteiger partial charge in [0.2, 0.25) is 5.91 Å². The van der Waals surface area contributed by atoms with Gasteiger partial charge in [-0.05, 0) is 26.3 Å². The SMILES string of the molecule is CN(CCO)Cc1nnc(C2CCN(C(=O)CCc3cnccn3)CC2)n1C. The fourth-order valence-corrected chi connectivity index (χ4v) is 3.60. The summed E-state index contributed by atoms with van der Waals surface area (Å²) in [4.78, 5) is 24.7. The fourth-order valence-electron chi connectivity index (χ4n) is 3.60. The van der Waals surface area contributed by atoms with E-state index in [2.05, 4.69) is 24.7 Å². The topological polar surface area (TPSA) is 100 Å². The van der Waals surface area contributed by atoms with E-state index in [4.69, 9.17) is 5.11 Å². The molecule has 152 valence electrons. The molecule has 0 bridgehead atoms. The first kappa shape index (κ1) is 20.3. The Balaban J connectivity index is 1.50. The normalized spacial score (nSPS) is 15.4. The van der Waals surface area contributed by atoms with E-state index in [0.717, 1.165) is 43.3 Å². The first-order chi connectivity index (χ1) is 13.6. The Hall–Kier alpha value is -2.39. The highest BCUT2D eigenvalue weighted by Gasteiger charge is 2.27. The number of rotatable bonds is 8. The molecule has 3 heterocycles. The van der Waals surface area contributed by atoms with E-state index in [1.807, 2.05) is 23.9 Å². The Morgan fingerprint density at radius 1 is 1.29 bits per heavy atom. The molecule has 9 heteroatoms. The van der Waals surface area contributed by atoms with Crippen molar-refractivity contribution in [3.8, 4) is 0 Å². The largest absolute Gasteiger partial charge is 0.395 e. The van der Waals surface area contributed by atoms with Crippen molar-refractivity contribution in [2.45, 2.75) is 38.1 Å². The third-order valence-corrected chi connectivity index (χ3v) is 5.32. The molecule has 1 fully saturated rings. The maximum atomic E-state index is 12.5. The number of aromatic nitrogens is 5. The number of carbonyl (C=O) groups excluding carboxylic acids is 1. The van der Waals surface area contributed by atoms with Gasteiger partial charge < -0.3 is 14.6 Å². The van der Waals surface area contributed by atoms with Gasteiger partial charge in [-0.2, -0.15) is 0 Å². The van der Waals surface area contributed by atoms with Crippen molar-refractivity contribution < 1.29 is 9.90 Å². The minimum absolute atomic E-state index is 0.130. The van der Waals surface area contributed by atoms with Gasteiger partial charge in [0.15, 0.2) is 0 Å². The molecule has 1 N–H and O–H groups in total. The highest BCUT2D eigenvalue weighted by Crippen LogP contribution is 2.27. The zero-order chi connectivity index (χ0) is 19.9. The maximum Gasteiger partial charge on any atom is 0.222 e. The predicted molar refractivity (Wildman–Crippen MR) is 103 cm³/mol. The van der Waals surface area contributed by atoms with Crippen LogP contribution >= 0.6 is 0 Å². The minimum atomic E-state index is 0.130. The molecule has 3 rings (SSSR count). The summed E-state index contributed by atoms with van der Waals surface area (Å²) < 4.78 is 2.06. The van der Waals surface area contributed by atoms with Crippen LogP contribution < -0.4 is 0 Å². The zero-order valence-corrected chi connectivity index (χ0v) is 16.7. The number of aliphatic hydroxyl groups excluding tert-OH is 1. The molecule has 0 aliphatic carbocycles. The Kier molecular flexibility index (Phi) is 7.05. The summed E-state index contributed by atoms with van der Waals surface area (Å²) in [7, 11) is 3.95. The highest BCUT2D eigenvalue weighted by molar-refractivity contribution is 5.76. The number of amides is 1. The third-order valence-electron chi connectivity index (χ3n) is 5.32. The van der Waals surface area contributed by atoms with Crippen molar-refractivity contribution in [2.75, 3.05) is 33.3 Å². The summed E-state index contributed by atoms with van der Waals surface area (Å²) in [6.45, 7) is 2.89. The number of piperidine rings is 1. The molecule has 0 unspecified atom stereocenters. The maximum absolute atomic E-state index is 12.5. The van der Waals surface area contributed by atoms with Crippen LogP contribution in [0.1, 0.15) is 42.5 Å². The van der Waals surface area contributed by atoms with Gasteiger partial charge in [0.25, 0.3) is 0 Å². The summed E-state index contributed by atoms with van der Waals surface area (Å²) in [6, 6.07) is 0. The summed E-state index contributed by atoms with van der Waals surface area (Å²) in [5.74, 6) is 2.37. The van der Waals surface area contributed by atoms with Crippen LogP contribution in [0.4, 0.5) is 0 Å². The lowest BCUT2D eigenvalue weighted by Gasteiger charge is -2.31. The smallest absolute Gasteiger partial charge is 0.222 e. The van der Waals surface area contributed by atoms with Crippen LogP contribution in [0, 0.1) is 0 Å². The molecule has 0 atom stereocenters. The van der Waals surface area contributed by atoms with Crippen LogP contribution in [0.25, 0.3) is 0 Å². The molecule has 28 heavy (non-hydrogen) atoms. The molecule has 0 saturated carbocycles. The average molecular weight is 387 g/mol. The van der Waals surface area contributed by atoms with E-state index < -0.39 is 0 Å².